The normalized spacial score (nSPS) is 20.8. The van der Waals surface area contributed by atoms with Crippen LogP contribution < -0.4 is 10.6 Å². The Labute approximate surface area is 121 Å². The van der Waals surface area contributed by atoms with Gasteiger partial charge in [-0.1, -0.05) is 37.9 Å². The molecule has 2 atom stereocenters. The summed E-state index contributed by atoms with van der Waals surface area (Å²) in [6.07, 6.45) is 4.51. The monoisotopic (exact) mass is 280 g/mol. The number of benzene rings is 1. The summed E-state index contributed by atoms with van der Waals surface area (Å²) in [5, 5.41) is 0.823. The van der Waals surface area contributed by atoms with Crippen molar-refractivity contribution in [3.63, 3.8) is 0 Å². The SMILES string of the molecule is CCC(N)Cc1ccc(Cl)cc1N1CCC(CC)C1. The van der Waals surface area contributed by atoms with Crippen molar-refractivity contribution >= 4 is 17.3 Å². The van der Waals surface area contributed by atoms with Gasteiger partial charge in [0.1, 0.15) is 0 Å². The summed E-state index contributed by atoms with van der Waals surface area (Å²) in [5.41, 5.74) is 8.75. The van der Waals surface area contributed by atoms with E-state index in [1.807, 2.05) is 6.07 Å². The van der Waals surface area contributed by atoms with Gasteiger partial charge in [-0.05, 0) is 42.9 Å². The molecule has 2 rings (SSSR count). The van der Waals surface area contributed by atoms with Gasteiger partial charge in [0.05, 0.1) is 0 Å². The molecule has 19 heavy (non-hydrogen) atoms. The van der Waals surface area contributed by atoms with Crippen molar-refractivity contribution in [2.75, 3.05) is 18.0 Å². The van der Waals surface area contributed by atoms with Gasteiger partial charge >= 0.3 is 0 Å². The van der Waals surface area contributed by atoms with Gasteiger partial charge in [0.2, 0.25) is 0 Å². The van der Waals surface area contributed by atoms with Gasteiger partial charge in [-0.3, -0.25) is 0 Å². The van der Waals surface area contributed by atoms with Gasteiger partial charge in [0, 0.05) is 29.8 Å². The van der Waals surface area contributed by atoms with Gasteiger partial charge in [-0.25, -0.2) is 0 Å². The van der Waals surface area contributed by atoms with E-state index in [0.717, 1.165) is 36.9 Å². The van der Waals surface area contributed by atoms with Crippen molar-refractivity contribution in [3.8, 4) is 0 Å². The molecule has 1 aliphatic rings. The van der Waals surface area contributed by atoms with Gasteiger partial charge in [0.15, 0.2) is 0 Å². The largest absolute Gasteiger partial charge is 0.371 e. The lowest BCUT2D eigenvalue weighted by atomic mass is 10.0. The predicted octanol–water partition coefficient (Wildman–Crippen LogP) is 3.86. The zero-order valence-electron chi connectivity index (χ0n) is 12.0. The van der Waals surface area contributed by atoms with E-state index >= 15 is 0 Å². The van der Waals surface area contributed by atoms with E-state index in [0.29, 0.717) is 0 Å². The number of halogens is 1. The minimum atomic E-state index is 0.240. The molecule has 0 radical (unpaired) electrons. The molecule has 0 aromatic heterocycles. The lowest BCUT2D eigenvalue weighted by molar-refractivity contribution is 0.569. The third-order valence-corrected chi connectivity index (χ3v) is 4.49. The Morgan fingerprint density at radius 1 is 1.42 bits per heavy atom. The second kappa shape index (κ2) is 6.62. The molecule has 1 fully saturated rings. The average molecular weight is 281 g/mol. The fourth-order valence-electron chi connectivity index (χ4n) is 2.82. The van der Waals surface area contributed by atoms with E-state index in [1.165, 1.54) is 24.1 Å². The number of nitrogens with two attached hydrogens (primary N) is 1. The first-order valence-electron chi connectivity index (χ1n) is 7.43. The lowest BCUT2D eigenvalue weighted by Gasteiger charge is -2.23. The first-order chi connectivity index (χ1) is 9.13. The minimum absolute atomic E-state index is 0.240. The standard InChI is InChI=1S/C16H25ClN2/c1-3-12-7-8-19(11-12)16-10-14(17)6-5-13(16)9-15(18)4-2/h5-6,10,12,15H,3-4,7-9,11,18H2,1-2H3. The van der Waals surface area contributed by atoms with E-state index in [-0.39, 0.29) is 6.04 Å². The molecule has 1 aromatic rings. The smallest absolute Gasteiger partial charge is 0.0426 e. The third-order valence-electron chi connectivity index (χ3n) is 4.26. The number of anilines is 1. The van der Waals surface area contributed by atoms with Crippen molar-refractivity contribution in [1.82, 2.24) is 0 Å². The Morgan fingerprint density at radius 3 is 2.84 bits per heavy atom. The van der Waals surface area contributed by atoms with Crippen molar-refractivity contribution in [2.24, 2.45) is 11.7 Å². The summed E-state index contributed by atoms with van der Waals surface area (Å²) in [5.74, 6) is 0.826. The molecule has 2 N–H and O–H groups in total. The molecule has 2 nitrogen and oxygen atoms in total. The number of hydrogen-bond acceptors (Lipinski definition) is 2. The highest BCUT2D eigenvalue weighted by Gasteiger charge is 2.23. The fourth-order valence-corrected chi connectivity index (χ4v) is 2.98. The van der Waals surface area contributed by atoms with Crippen LogP contribution in [0, 0.1) is 5.92 Å². The molecule has 1 aromatic carbocycles. The van der Waals surface area contributed by atoms with Gasteiger partial charge in [0.25, 0.3) is 0 Å². The van der Waals surface area contributed by atoms with Crippen LogP contribution in [0.25, 0.3) is 0 Å². The molecular weight excluding hydrogens is 256 g/mol. The maximum atomic E-state index is 6.18. The zero-order valence-corrected chi connectivity index (χ0v) is 12.8. The van der Waals surface area contributed by atoms with E-state index in [2.05, 4.69) is 30.9 Å². The molecule has 3 heteroatoms. The molecule has 106 valence electrons. The second-order valence-corrected chi connectivity index (χ2v) is 6.09. The lowest BCUT2D eigenvalue weighted by Crippen LogP contribution is -2.25. The maximum Gasteiger partial charge on any atom is 0.0426 e. The van der Waals surface area contributed by atoms with Gasteiger partial charge in [-0.15, -0.1) is 0 Å². The van der Waals surface area contributed by atoms with Crippen molar-refractivity contribution in [1.29, 1.82) is 0 Å². The van der Waals surface area contributed by atoms with Crippen LogP contribution in [0.2, 0.25) is 5.02 Å². The zero-order chi connectivity index (χ0) is 13.8. The summed E-state index contributed by atoms with van der Waals surface area (Å²) < 4.78 is 0. The molecule has 1 aliphatic heterocycles. The molecule has 0 saturated carbocycles. The molecule has 0 amide bonds. The van der Waals surface area contributed by atoms with Crippen molar-refractivity contribution < 1.29 is 0 Å². The quantitative estimate of drug-likeness (QED) is 0.887. The molecular formula is C16H25ClN2. The average Bonchev–Trinajstić information content (AvgIpc) is 2.89. The Bertz CT molecular complexity index is 419. The van der Waals surface area contributed by atoms with Gasteiger partial charge in [-0.2, -0.15) is 0 Å². The second-order valence-electron chi connectivity index (χ2n) is 5.65. The maximum absolute atomic E-state index is 6.18. The van der Waals surface area contributed by atoms with Gasteiger partial charge < -0.3 is 10.6 Å². The van der Waals surface area contributed by atoms with Crippen LogP contribution in [0.15, 0.2) is 18.2 Å². The topological polar surface area (TPSA) is 29.3 Å². The molecule has 0 spiro atoms. The Kier molecular flexibility index (Phi) is 5.12. The van der Waals surface area contributed by atoms with Crippen LogP contribution >= 0.6 is 11.6 Å². The van der Waals surface area contributed by atoms with Crippen LogP contribution in [0.4, 0.5) is 5.69 Å². The molecule has 1 saturated heterocycles. The first kappa shape index (κ1) is 14.7. The highest BCUT2D eigenvalue weighted by molar-refractivity contribution is 6.30. The van der Waals surface area contributed by atoms with Crippen LogP contribution in [-0.4, -0.2) is 19.1 Å². The predicted molar refractivity (Wildman–Crippen MR) is 84.0 cm³/mol. The highest BCUT2D eigenvalue weighted by atomic mass is 35.5. The van der Waals surface area contributed by atoms with E-state index < -0.39 is 0 Å². The minimum Gasteiger partial charge on any atom is -0.371 e. The highest BCUT2D eigenvalue weighted by Crippen LogP contribution is 2.31. The van der Waals surface area contributed by atoms with Crippen LogP contribution in [0.1, 0.15) is 38.7 Å². The first-order valence-corrected chi connectivity index (χ1v) is 7.80. The Morgan fingerprint density at radius 2 is 2.21 bits per heavy atom. The summed E-state index contributed by atoms with van der Waals surface area (Å²) in [4.78, 5) is 2.48. The summed E-state index contributed by atoms with van der Waals surface area (Å²) in [6, 6.07) is 6.48. The van der Waals surface area contributed by atoms with E-state index in [9.17, 15) is 0 Å². The number of rotatable bonds is 5. The van der Waals surface area contributed by atoms with Crippen molar-refractivity contribution in [3.05, 3.63) is 28.8 Å². The number of nitrogens with zero attached hydrogens (tertiary/aromatic N) is 1. The van der Waals surface area contributed by atoms with E-state index in [1.54, 1.807) is 0 Å². The van der Waals surface area contributed by atoms with Crippen LogP contribution in [0.5, 0.6) is 0 Å². The molecule has 0 bridgehead atoms. The summed E-state index contributed by atoms with van der Waals surface area (Å²) in [6.45, 7) is 6.72. The molecule has 0 aliphatic carbocycles. The summed E-state index contributed by atoms with van der Waals surface area (Å²) in [7, 11) is 0. The number of hydrogen-bond donors (Lipinski definition) is 1. The summed E-state index contributed by atoms with van der Waals surface area (Å²) >= 11 is 6.18. The van der Waals surface area contributed by atoms with Crippen molar-refractivity contribution in [2.45, 2.75) is 45.6 Å². The van der Waals surface area contributed by atoms with E-state index in [4.69, 9.17) is 17.3 Å². The fraction of sp³-hybridized carbons (Fsp3) is 0.625. The van der Waals surface area contributed by atoms with Crippen LogP contribution in [0.3, 0.4) is 0 Å². The molecule has 1 heterocycles. The van der Waals surface area contributed by atoms with Crippen LogP contribution in [-0.2, 0) is 6.42 Å². The Hall–Kier alpha value is -0.730. The Balaban J connectivity index is 2.20. The molecule has 2 unspecified atom stereocenters. The third kappa shape index (κ3) is 3.64.